The molecule has 2 rings (SSSR count). The molecule has 0 saturated heterocycles. The smallest absolute Gasteiger partial charge is 0.307 e. The maximum atomic E-state index is 12.2. The minimum absolute atomic E-state index is 0.0581. The van der Waals surface area contributed by atoms with E-state index in [0.717, 1.165) is 0 Å². The van der Waals surface area contributed by atoms with Gasteiger partial charge in [0.25, 0.3) is 0 Å². The van der Waals surface area contributed by atoms with Crippen LogP contribution >= 0.6 is 34.8 Å². The van der Waals surface area contributed by atoms with Crippen LogP contribution in [0.3, 0.4) is 0 Å². The molecule has 1 aromatic carbocycles. The summed E-state index contributed by atoms with van der Waals surface area (Å²) in [6.45, 7) is 3.37. The number of nitrogens with one attached hydrogen (secondary N) is 1. The lowest BCUT2D eigenvalue weighted by Gasteiger charge is -2.12. The second-order valence-electron chi connectivity index (χ2n) is 5.48. The largest absolute Gasteiger partial charge is 0.504 e. The van der Waals surface area contributed by atoms with Gasteiger partial charge in [-0.1, -0.05) is 48.7 Å². The summed E-state index contributed by atoms with van der Waals surface area (Å²) >= 11 is 17.5. The highest BCUT2D eigenvalue weighted by Crippen LogP contribution is 2.59. The van der Waals surface area contributed by atoms with Gasteiger partial charge in [0.15, 0.2) is 5.75 Å². The molecule has 0 aromatic heterocycles. The third-order valence-electron chi connectivity index (χ3n) is 3.77. The summed E-state index contributed by atoms with van der Waals surface area (Å²) in [5.41, 5.74) is -0.786. The predicted molar refractivity (Wildman–Crippen MR) is 80.2 cm³/mol. The van der Waals surface area contributed by atoms with Crippen LogP contribution in [0.1, 0.15) is 13.8 Å². The lowest BCUT2D eigenvalue weighted by molar-refractivity contribution is -0.140. The van der Waals surface area contributed by atoms with E-state index in [0.29, 0.717) is 0 Å². The van der Waals surface area contributed by atoms with Crippen LogP contribution in [0, 0.1) is 17.3 Å². The Morgan fingerprint density at radius 1 is 1.19 bits per heavy atom. The zero-order valence-corrected chi connectivity index (χ0v) is 13.3. The number of amides is 1. The minimum atomic E-state index is -1.04. The van der Waals surface area contributed by atoms with Crippen molar-refractivity contribution in [2.24, 2.45) is 17.3 Å². The molecule has 0 bridgehead atoms. The fraction of sp³-hybridized carbons (Fsp3) is 0.385. The molecule has 21 heavy (non-hydrogen) atoms. The lowest BCUT2D eigenvalue weighted by Crippen LogP contribution is -2.18. The standard InChI is InChI=1S/C13H12Cl3NO4/c1-13(2)6(7(13)12(20)21)11(19)17-9-8(16)4(14)3-5(15)10(9)18/h3,6-7,18H,1-2H3,(H,17,19)(H,20,21)/t6-,7+/m1/s1. The number of carboxylic acid groups (broad SMARTS) is 1. The first-order chi connectivity index (χ1) is 9.59. The second kappa shape index (κ2) is 5.23. The Bertz CT molecular complexity index is 619. The molecule has 0 unspecified atom stereocenters. The molecule has 1 aliphatic carbocycles. The number of phenolic OH excluding ortho intramolecular Hbond substituents is 1. The highest BCUT2D eigenvalue weighted by Gasteiger charge is 2.66. The van der Waals surface area contributed by atoms with E-state index in [4.69, 9.17) is 39.9 Å². The number of aromatic hydroxyl groups is 1. The Hall–Kier alpha value is -1.17. The number of carboxylic acids is 1. The van der Waals surface area contributed by atoms with Gasteiger partial charge in [-0.25, -0.2) is 0 Å². The summed E-state index contributed by atoms with van der Waals surface area (Å²) in [6.07, 6.45) is 0. The fourth-order valence-corrected chi connectivity index (χ4v) is 3.14. The summed E-state index contributed by atoms with van der Waals surface area (Å²) in [5.74, 6) is -3.51. The van der Waals surface area contributed by atoms with Crippen LogP contribution in [0.25, 0.3) is 0 Å². The van der Waals surface area contributed by atoms with Gasteiger partial charge in [0.05, 0.1) is 26.9 Å². The van der Waals surface area contributed by atoms with Gasteiger partial charge in [-0.15, -0.1) is 0 Å². The van der Waals surface area contributed by atoms with Gasteiger partial charge < -0.3 is 15.5 Å². The van der Waals surface area contributed by atoms with Crippen LogP contribution < -0.4 is 5.32 Å². The third-order valence-corrected chi connectivity index (χ3v) is 4.85. The van der Waals surface area contributed by atoms with Crippen molar-refractivity contribution in [3.63, 3.8) is 0 Å². The molecule has 0 radical (unpaired) electrons. The van der Waals surface area contributed by atoms with Crippen LogP contribution in [-0.4, -0.2) is 22.1 Å². The first-order valence-electron chi connectivity index (χ1n) is 5.99. The van der Waals surface area contributed by atoms with Crippen LogP contribution in [0.15, 0.2) is 6.07 Å². The first kappa shape index (κ1) is 16.2. The second-order valence-corrected chi connectivity index (χ2v) is 6.67. The number of carbonyl (C=O) groups excluding carboxylic acids is 1. The van der Waals surface area contributed by atoms with E-state index < -0.39 is 34.9 Å². The number of hydrogen-bond acceptors (Lipinski definition) is 3. The third kappa shape index (κ3) is 2.65. The number of rotatable bonds is 3. The van der Waals surface area contributed by atoms with E-state index in [-0.39, 0.29) is 20.8 Å². The zero-order chi connectivity index (χ0) is 16.1. The molecule has 0 spiro atoms. The molecule has 5 nitrogen and oxygen atoms in total. The van der Waals surface area contributed by atoms with E-state index in [1.807, 2.05) is 0 Å². The van der Waals surface area contributed by atoms with Gasteiger partial charge in [-0.2, -0.15) is 0 Å². The molecule has 114 valence electrons. The summed E-state index contributed by atoms with van der Waals surface area (Å²) in [4.78, 5) is 23.3. The molecule has 1 fully saturated rings. The van der Waals surface area contributed by atoms with Crippen molar-refractivity contribution in [3.8, 4) is 5.75 Å². The van der Waals surface area contributed by atoms with E-state index in [1.165, 1.54) is 6.07 Å². The molecular weight excluding hydrogens is 341 g/mol. The van der Waals surface area contributed by atoms with Crippen molar-refractivity contribution in [2.45, 2.75) is 13.8 Å². The summed E-state index contributed by atoms with van der Waals surface area (Å²) in [6, 6.07) is 1.25. The minimum Gasteiger partial charge on any atom is -0.504 e. The number of phenols is 1. The monoisotopic (exact) mass is 351 g/mol. The molecule has 8 heteroatoms. The Morgan fingerprint density at radius 2 is 1.76 bits per heavy atom. The normalized spacial score (nSPS) is 22.7. The molecule has 2 atom stereocenters. The Morgan fingerprint density at radius 3 is 2.24 bits per heavy atom. The van der Waals surface area contributed by atoms with Gasteiger partial charge in [-0.3, -0.25) is 9.59 Å². The van der Waals surface area contributed by atoms with Crippen LogP contribution in [0.4, 0.5) is 5.69 Å². The summed E-state index contributed by atoms with van der Waals surface area (Å²) < 4.78 is 0. The maximum Gasteiger partial charge on any atom is 0.307 e. The van der Waals surface area contributed by atoms with E-state index in [2.05, 4.69) is 5.32 Å². The van der Waals surface area contributed by atoms with Gasteiger partial charge in [-0.05, 0) is 11.5 Å². The number of anilines is 1. The number of halogens is 3. The fourth-order valence-electron chi connectivity index (χ4n) is 2.49. The lowest BCUT2D eigenvalue weighted by atomic mass is 10.1. The Labute approximate surface area is 135 Å². The molecule has 1 saturated carbocycles. The quantitative estimate of drug-likeness (QED) is 0.572. The number of benzene rings is 1. The number of aliphatic carboxylic acids is 1. The van der Waals surface area contributed by atoms with Crippen molar-refractivity contribution < 1.29 is 19.8 Å². The van der Waals surface area contributed by atoms with Gasteiger partial charge in [0, 0.05) is 0 Å². The number of carbonyl (C=O) groups is 2. The van der Waals surface area contributed by atoms with Crippen LogP contribution in [0.2, 0.25) is 15.1 Å². The van der Waals surface area contributed by atoms with Gasteiger partial charge >= 0.3 is 5.97 Å². The van der Waals surface area contributed by atoms with Crippen molar-refractivity contribution in [1.82, 2.24) is 0 Å². The highest BCUT2D eigenvalue weighted by atomic mass is 35.5. The van der Waals surface area contributed by atoms with Gasteiger partial charge in [0.1, 0.15) is 5.69 Å². The number of hydrogen-bond donors (Lipinski definition) is 3. The predicted octanol–water partition coefficient (Wildman–Crippen LogP) is 3.65. The highest BCUT2D eigenvalue weighted by molar-refractivity contribution is 6.46. The maximum absolute atomic E-state index is 12.2. The molecule has 0 heterocycles. The van der Waals surface area contributed by atoms with Crippen molar-refractivity contribution >= 4 is 52.4 Å². The van der Waals surface area contributed by atoms with E-state index in [1.54, 1.807) is 13.8 Å². The summed E-state index contributed by atoms with van der Waals surface area (Å²) in [7, 11) is 0. The van der Waals surface area contributed by atoms with Crippen LogP contribution in [0.5, 0.6) is 5.75 Å². The van der Waals surface area contributed by atoms with Crippen molar-refractivity contribution in [2.75, 3.05) is 5.32 Å². The van der Waals surface area contributed by atoms with Crippen molar-refractivity contribution in [1.29, 1.82) is 0 Å². The zero-order valence-electron chi connectivity index (χ0n) is 11.1. The van der Waals surface area contributed by atoms with Crippen molar-refractivity contribution in [3.05, 3.63) is 21.1 Å². The first-order valence-corrected chi connectivity index (χ1v) is 7.12. The topological polar surface area (TPSA) is 86.6 Å². The summed E-state index contributed by atoms with van der Waals surface area (Å²) in [5, 5.41) is 21.3. The SMILES string of the molecule is CC1(C)[C@H](C(=O)O)[C@@H]1C(=O)Nc1c(O)c(Cl)cc(Cl)c1Cl. The average Bonchev–Trinajstić information content (AvgIpc) is 2.95. The van der Waals surface area contributed by atoms with E-state index >= 15 is 0 Å². The average molecular weight is 353 g/mol. The molecule has 0 aliphatic heterocycles. The van der Waals surface area contributed by atoms with Crippen LogP contribution in [-0.2, 0) is 9.59 Å². The Balaban J connectivity index is 2.29. The molecular formula is C13H12Cl3NO4. The molecule has 1 aliphatic rings. The van der Waals surface area contributed by atoms with Gasteiger partial charge in [0.2, 0.25) is 5.91 Å². The molecule has 3 N–H and O–H groups in total. The van der Waals surface area contributed by atoms with E-state index in [9.17, 15) is 14.7 Å². The molecule has 1 aromatic rings. The molecule has 1 amide bonds. The Kier molecular flexibility index (Phi) is 4.04.